The second-order valence-electron chi connectivity index (χ2n) is 5.17. The van der Waals surface area contributed by atoms with E-state index in [2.05, 4.69) is 10.6 Å². The minimum absolute atomic E-state index is 0.0269. The molecular formula is C17H16N2O4. The summed E-state index contributed by atoms with van der Waals surface area (Å²) in [5, 5.41) is 5.41. The number of carbonyl (C=O) groups excluding carboxylic acids is 2. The van der Waals surface area contributed by atoms with Gasteiger partial charge in [-0.25, -0.2) is 0 Å². The number of benzene rings is 2. The van der Waals surface area contributed by atoms with Crippen molar-refractivity contribution in [2.45, 2.75) is 6.92 Å². The van der Waals surface area contributed by atoms with E-state index < -0.39 is 0 Å². The molecule has 118 valence electrons. The summed E-state index contributed by atoms with van der Waals surface area (Å²) in [5.74, 6) is 0.577. The van der Waals surface area contributed by atoms with Gasteiger partial charge in [-0.3, -0.25) is 9.59 Å². The molecular weight excluding hydrogens is 296 g/mol. The molecule has 2 N–H and O–H groups in total. The molecule has 2 aromatic rings. The molecule has 23 heavy (non-hydrogen) atoms. The summed E-state index contributed by atoms with van der Waals surface area (Å²) in [4.78, 5) is 23.5. The van der Waals surface area contributed by atoms with Gasteiger partial charge in [0.2, 0.25) is 0 Å². The van der Waals surface area contributed by atoms with Crippen molar-refractivity contribution >= 4 is 23.2 Å². The monoisotopic (exact) mass is 312 g/mol. The zero-order valence-corrected chi connectivity index (χ0v) is 12.6. The number of ether oxygens (including phenoxy) is 2. The number of para-hydroxylation sites is 1. The lowest BCUT2D eigenvalue weighted by molar-refractivity contribution is -0.119. The highest BCUT2D eigenvalue weighted by Crippen LogP contribution is 2.34. The SMILES string of the molecule is Cc1ccc(OCC(=O)Nc2cccc3c2NC(=O)CO3)cc1. The number of rotatable bonds is 4. The minimum atomic E-state index is -0.321. The molecule has 1 aliphatic rings. The van der Waals surface area contributed by atoms with Gasteiger partial charge in [0.1, 0.15) is 17.2 Å². The van der Waals surface area contributed by atoms with E-state index in [1.165, 1.54) is 0 Å². The van der Waals surface area contributed by atoms with Crippen LogP contribution in [-0.4, -0.2) is 25.0 Å². The van der Waals surface area contributed by atoms with E-state index in [1.54, 1.807) is 30.3 Å². The van der Waals surface area contributed by atoms with Crippen LogP contribution in [0.25, 0.3) is 0 Å². The first-order chi connectivity index (χ1) is 11.1. The van der Waals surface area contributed by atoms with Crippen molar-refractivity contribution in [3.8, 4) is 11.5 Å². The Balaban J connectivity index is 1.64. The number of fused-ring (bicyclic) bond motifs is 1. The van der Waals surface area contributed by atoms with E-state index in [-0.39, 0.29) is 25.0 Å². The van der Waals surface area contributed by atoms with E-state index in [9.17, 15) is 9.59 Å². The van der Waals surface area contributed by atoms with Crippen molar-refractivity contribution in [1.82, 2.24) is 0 Å². The first kappa shape index (κ1) is 14.9. The van der Waals surface area contributed by atoms with Gasteiger partial charge in [-0.05, 0) is 31.2 Å². The Hall–Kier alpha value is -3.02. The Kier molecular flexibility index (Phi) is 4.14. The molecule has 6 heteroatoms. The Morgan fingerprint density at radius 3 is 2.83 bits per heavy atom. The molecule has 0 radical (unpaired) electrons. The largest absolute Gasteiger partial charge is 0.484 e. The van der Waals surface area contributed by atoms with Crippen LogP contribution in [0.1, 0.15) is 5.56 Å². The number of hydrogen-bond acceptors (Lipinski definition) is 4. The van der Waals surface area contributed by atoms with Gasteiger partial charge in [0, 0.05) is 0 Å². The molecule has 0 aromatic heterocycles. The topological polar surface area (TPSA) is 76.7 Å². The Labute approximate surface area is 133 Å². The molecule has 0 aliphatic carbocycles. The minimum Gasteiger partial charge on any atom is -0.484 e. The van der Waals surface area contributed by atoms with Crippen molar-refractivity contribution in [3.05, 3.63) is 48.0 Å². The van der Waals surface area contributed by atoms with Crippen LogP contribution in [-0.2, 0) is 9.59 Å². The summed E-state index contributed by atoms with van der Waals surface area (Å²) in [5.41, 5.74) is 2.06. The molecule has 0 saturated carbocycles. The van der Waals surface area contributed by atoms with Crippen LogP contribution in [0.4, 0.5) is 11.4 Å². The van der Waals surface area contributed by atoms with Crippen LogP contribution in [0.5, 0.6) is 11.5 Å². The van der Waals surface area contributed by atoms with E-state index >= 15 is 0 Å². The lowest BCUT2D eigenvalue weighted by Crippen LogP contribution is -2.27. The third-order valence-corrected chi connectivity index (χ3v) is 3.31. The zero-order valence-electron chi connectivity index (χ0n) is 12.6. The Morgan fingerprint density at radius 1 is 1.26 bits per heavy atom. The van der Waals surface area contributed by atoms with Crippen molar-refractivity contribution in [2.75, 3.05) is 23.8 Å². The third-order valence-electron chi connectivity index (χ3n) is 3.31. The number of aryl methyl sites for hydroxylation is 1. The van der Waals surface area contributed by atoms with Gasteiger partial charge in [-0.2, -0.15) is 0 Å². The highest BCUT2D eigenvalue weighted by molar-refractivity contribution is 6.03. The average molecular weight is 312 g/mol. The van der Waals surface area contributed by atoms with Gasteiger partial charge in [0.05, 0.1) is 5.69 Å². The highest BCUT2D eigenvalue weighted by atomic mass is 16.5. The second kappa shape index (κ2) is 6.39. The maximum atomic E-state index is 12.0. The fraction of sp³-hybridized carbons (Fsp3) is 0.176. The van der Waals surface area contributed by atoms with Crippen LogP contribution in [0.15, 0.2) is 42.5 Å². The van der Waals surface area contributed by atoms with E-state index in [0.29, 0.717) is 22.9 Å². The first-order valence-electron chi connectivity index (χ1n) is 7.17. The molecule has 0 atom stereocenters. The van der Waals surface area contributed by atoms with Crippen molar-refractivity contribution in [2.24, 2.45) is 0 Å². The third kappa shape index (κ3) is 3.60. The zero-order chi connectivity index (χ0) is 16.2. The molecule has 0 saturated heterocycles. The molecule has 0 fully saturated rings. The quantitative estimate of drug-likeness (QED) is 0.908. The predicted octanol–water partition coefficient (Wildman–Crippen LogP) is 2.34. The standard InChI is InChI=1S/C17H16N2O4/c1-11-5-7-12(8-6-11)22-9-15(20)18-13-3-2-4-14-17(13)19-16(21)10-23-14/h2-8H,9-10H2,1H3,(H,18,20)(H,19,21). The van der Waals surface area contributed by atoms with E-state index in [4.69, 9.17) is 9.47 Å². The number of nitrogens with one attached hydrogen (secondary N) is 2. The maximum Gasteiger partial charge on any atom is 0.262 e. The second-order valence-corrected chi connectivity index (χ2v) is 5.17. The molecule has 2 aromatic carbocycles. The number of amides is 2. The van der Waals surface area contributed by atoms with Crippen molar-refractivity contribution in [1.29, 1.82) is 0 Å². The van der Waals surface area contributed by atoms with Crippen LogP contribution in [0.3, 0.4) is 0 Å². The van der Waals surface area contributed by atoms with Crippen LogP contribution in [0, 0.1) is 6.92 Å². The summed E-state index contributed by atoms with van der Waals surface area (Å²) in [7, 11) is 0. The summed E-state index contributed by atoms with van der Waals surface area (Å²) in [6, 6.07) is 12.6. The average Bonchev–Trinajstić information content (AvgIpc) is 2.55. The number of hydrogen-bond donors (Lipinski definition) is 2. The molecule has 2 amide bonds. The normalized spacial score (nSPS) is 12.7. The van der Waals surface area contributed by atoms with Gasteiger partial charge in [0.15, 0.2) is 13.2 Å². The van der Waals surface area contributed by atoms with Crippen LogP contribution in [0.2, 0.25) is 0 Å². The summed E-state index contributed by atoms with van der Waals surface area (Å²) in [6.45, 7) is 1.83. The predicted molar refractivity (Wildman–Crippen MR) is 85.9 cm³/mol. The fourth-order valence-corrected chi connectivity index (χ4v) is 2.17. The summed E-state index contributed by atoms with van der Waals surface area (Å²) >= 11 is 0. The highest BCUT2D eigenvalue weighted by Gasteiger charge is 2.19. The van der Waals surface area contributed by atoms with Crippen LogP contribution < -0.4 is 20.1 Å². The molecule has 3 rings (SSSR count). The fourth-order valence-electron chi connectivity index (χ4n) is 2.17. The Bertz CT molecular complexity index is 741. The lowest BCUT2D eigenvalue weighted by atomic mass is 10.2. The van der Waals surface area contributed by atoms with Gasteiger partial charge in [-0.15, -0.1) is 0 Å². The van der Waals surface area contributed by atoms with Crippen molar-refractivity contribution < 1.29 is 19.1 Å². The van der Waals surface area contributed by atoms with Gasteiger partial charge >= 0.3 is 0 Å². The van der Waals surface area contributed by atoms with Crippen molar-refractivity contribution in [3.63, 3.8) is 0 Å². The lowest BCUT2D eigenvalue weighted by Gasteiger charge is -2.20. The Morgan fingerprint density at radius 2 is 2.04 bits per heavy atom. The number of anilines is 2. The molecule has 0 spiro atoms. The molecule has 0 bridgehead atoms. The maximum absolute atomic E-state index is 12.0. The molecule has 0 unspecified atom stereocenters. The smallest absolute Gasteiger partial charge is 0.262 e. The van der Waals surface area contributed by atoms with Gasteiger partial charge < -0.3 is 20.1 Å². The summed E-state index contributed by atoms with van der Waals surface area (Å²) in [6.07, 6.45) is 0. The van der Waals surface area contributed by atoms with E-state index in [0.717, 1.165) is 5.56 Å². The molecule has 6 nitrogen and oxygen atoms in total. The van der Waals surface area contributed by atoms with Gasteiger partial charge in [-0.1, -0.05) is 23.8 Å². The number of carbonyl (C=O) groups is 2. The van der Waals surface area contributed by atoms with Crippen LogP contribution >= 0.6 is 0 Å². The van der Waals surface area contributed by atoms with Gasteiger partial charge in [0.25, 0.3) is 11.8 Å². The first-order valence-corrected chi connectivity index (χ1v) is 7.17. The van der Waals surface area contributed by atoms with E-state index in [1.807, 2.05) is 19.1 Å². The molecule has 1 aliphatic heterocycles. The summed E-state index contributed by atoms with van der Waals surface area (Å²) < 4.78 is 10.7. The molecule has 1 heterocycles.